The van der Waals surface area contributed by atoms with Gasteiger partial charge in [0.25, 0.3) is 5.91 Å². The third kappa shape index (κ3) is 6.32. The van der Waals surface area contributed by atoms with E-state index in [4.69, 9.17) is 9.47 Å². The number of ether oxygens (including phenoxy) is 2. The highest BCUT2D eigenvalue weighted by atomic mass is 19.1. The van der Waals surface area contributed by atoms with Crippen LogP contribution in [-0.2, 0) is 16.5 Å². The number of esters is 1. The minimum Gasteiger partial charge on any atom is -0.465 e. The van der Waals surface area contributed by atoms with Gasteiger partial charge in [-0.05, 0) is 75.4 Å². The number of methoxy groups -OCH3 is 1. The molecule has 1 aliphatic heterocycles. The molecular formula is C31H33FN6O5. The van der Waals surface area contributed by atoms with Gasteiger partial charge in [0.2, 0.25) is 0 Å². The molecule has 1 saturated heterocycles. The maximum Gasteiger partial charge on any atom is 0.410 e. The Hall–Kier alpha value is -4.87. The van der Waals surface area contributed by atoms with Gasteiger partial charge in [-0.2, -0.15) is 0 Å². The lowest BCUT2D eigenvalue weighted by Gasteiger charge is -2.39. The number of aromatic nitrogens is 4. The summed E-state index contributed by atoms with van der Waals surface area (Å²) < 4.78 is 27.6. The second-order valence-electron chi connectivity index (χ2n) is 11.4. The van der Waals surface area contributed by atoms with Gasteiger partial charge >= 0.3 is 12.1 Å². The standard InChI is InChI=1S/C31H33FN6O5/c1-31(2,3)43-30(41)37-14-6-7-22(17-37)38(27-23-10-9-21(29(40)42-5)15-19(23)12-13-33-27)28(39)24-11-8-20(16-25(24)32)26-18-36(4)35-34-26/h8-13,15-16,18,22H,6-7,14,17H2,1-5H3/t22-/m1/s1. The molecule has 0 aliphatic carbocycles. The number of fused-ring (bicyclic) bond motifs is 1. The van der Waals surface area contributed by atoms with Gasteiger partial charge in [0.1, 0.15) is 22.9 Å². The summed E-state index contributed by atoms with van der Waals surface area (Å²) in [5.41, 5.74) is 0.425. The van der Waals surface area contributed by atoms with E-state index in [1.165, 1.54) is 35.0 Å². The number of hydrogen-bond donors (Lipinski definition) is 0. The fourth-order valence-electron chi connectivity index (χ4n) is 5.15. The molecule has 0 N–H and O–H groups in total. The molecule has 43 heavy (non-hydrogen) atoms. The summed E-state index contributed by atoms with van der Waals surface area (Å²) in [6, 6.07) is 10.4. The van der Waals surface area contributed by atoms with Gasteiger partial charge < -0.3 is 14.4 Å². The Bertz CT molecular complexity index is 1700. The first-order valence-corrected chi connectivity index (χ1v) is 13.9. The molecule has 1 fully saturated rings. The molecular weight excluding hydrogens is 555 g/mol. The monoisotopic (exact) mass is 588 g/mol. The van der Waals surface area contributed by atoms with Gasteiger partial charge in [-0.25, -0.2) is 19.0 Å². The number of anilines is 1. The molecule has 12 heteroatoms. The molecule has 0 radical (unpaired) electrons. The predicted molar refractivity (Wildman–Crippen MR) is 157 cm³/mol. The highest BCUT2D eigenvalue weighted by Crippen LogP contribution is 2.32. The van der Waals surface area contributed by atoms with Gasteiger partial charge in [-0.3, -0.25) is 14.4 Å². The molecule has 0 spiro atoms. The Balaban J connectivity index is 1.58. The first-order valence-electron chi connectivity index (χ1n) is 13.9. The van der Waals surface area contributed by atoms with Crippen molar-refractivity contribution in [2.75, 3.05) is 25.1 Å². The normalized spacial score (nSPS) is 15.3. The van der Waals surface area contributed by atoms with Crippen LogP contribution in [0.4, 0.5) is 15.0 Å². The van der Waals surface area contributed by atoms with Crippen LogP contribution in [0.15, 0.2) is 54.9 Å². The maximum absolute atomic E-state index is 15.7. The number of benzene rings is 2. The molecule has 0 saturated carbocycles. The number of piperidine rings is 1. The van der Waals surface area contributed by atoms with Crippen LogP contribution in [0.5, 0.6) is 0 Å². The van der Waals surface area contributed by atoms with E-state index in [-0.39, 0.29) is 17.9 Å². The number of halogens is 1. The number of amides is 2. The van der Waals surface area contributed by atoms with Gasteiger partial charge in [0, 0.05) is 37.3 Å². The summed E-state index contributed by atoms with van der Waals surface area (Å²) in [5.74, 6) is -1.56. The van der Waals surface area contributed by atoms with Crippen LogP contribution in [0.2, 0.25) is 0 Å². The molecule has 1 atom stereocenters. The quantitative estimate of drug-likeness (QED) is 0.299. The SMILES string of the molecule is COC(=O)c1ccc2c(N(C(=O)c3ccc(-c4cn(C)nn4)cc3F)[C@@H]3CCCN(C(=O)OC(C)(C)C)C3)nccc2c1. The largest absolute Gasteiger partial charge is 0.465 e. The number of hydrogen-bond acceptors (Lipinski definition) is 8. The van der Waals surface area contributed by atoms with Gasteiger partial charge in [0.15, 0.2) is 0 Å². The van der Waals surface area contributed by atoms with Crippen LogP contribution >= 0.6 is 0 Å². The van der Waals surface area contributed by atoms with E-state index in [2.05, 4.69) is 15.3 Å². The van der Waals surface area contributed by atoms with Crippen LogP contribution in [0, 0.1) is 5.82 Å². The summed E-state index contributed by atoms with van der Waals surface area (Å²) in [6.45, 7) is 5.99. The number of carbonyl (C=O) groups excluding carboxylic acids is 3. The average Bonchev–Trinajstić information content (AvgIpc) is 3.42. The minimum atomic E-state index is -0.730. The molecule has 2 aromatic heterocycles. The van der Waals surface area contributed by atoms with Crippen molar-refractivity contribution in [1.82, 2.24) is 24.9 Å². The van der Waals surface area contributed by atoms with Crippen molar-refractivity contribution in [3.8, 4) is 11.3 Å². The summed E-state index contributed by atoms with van der Waals surface area (Å²) >= 11 is 0. The molecule has 0 bridgehead atoms. The van der Waals surface area contributed by atoms with E-state index < -0.39 is 35.4 Å². The molecule has 1 aliphatic rings. The Morgan fingerprint density at radius 3 is 2.56 bits per heavy atom. The first kappa shape index (κ1) is 29.6. The zero-order chi connectivity index (χ0) is 30.9. The molecule has 0 unspecified atom stereocenters. The highest BCUT2D eigenvalue weighted by molar-refractivity contribution is 6.11. The van der Waals surface area contributed by atoms with Crippen molar-refractivity contribution in [3.05, 3.63) is 71.8 Å². The smallest absolute Gasteiger partial charge is 0.410 e. The van der Waals surface area contributed by atoms with Crippen LogP contribution in [0.3, 0.4) is 0 Å². The number of pyridine rings is 1. The van der Waals surface area contributed by atoms with E-state index in [1.54, 1.807) is 69.2 Å². The lowest BCUT2D eigenvalue weighted by molar-refractivity contribution is 0.0195. The first-order chi connectivity index (χ1) is 20.4. The van der Waals surface area contributed by atoms with E-state index in [1.807, 2.05) is 0 Å². The van der Waals surface area contributed by atoms with Crippen LogP contribution < -0.4 is 4.90 Å². The number of rotatable bonds is 5. The summed E-state index contributed by atoms with van der Waals surface area (Å²) in [5, 5.41) is 9.14. The summed E-state index contributed by atoms with van der Waals surface area (Å²) in [7, 11) is 3.01. The lowest BCUT2D eigenvalue weighted by Crippen LogP contribution is -2.53. The third-order valence-electron chi connectivity index (χ3n) is 7.12. The van der Waals surface area contributed by atoms with Gasteiger partial charge in [0.05, 0.1) is 30.5 Å². The van der Waals surface area contributed by atoms with Crippen molar-refractivity contribution in [3.63, 3.8) is 0 Å². The molecule has 4 aromatic rings. The van der Waals surface area contributed by atoms with Crippen molar-refractivity contribution in [2.24, 2.45) is 7.05 Å². The zero-order valence-corrected chi connectivity index (χ0v) is 24.7. The van der Waals surface area contributed by atoms with Crippen molar-refractivity contribution in [1.29, 1.82) is 0 Å². The average molecular weight is 589 g/mol. The number of likely N-dealkylation sites (tertiary alicyclic amines) is 1. The van der Waals surface area contributed by atoms with Crippen LogP contribution in [0.25, 0.3) is 22.0 Å². The molecule has 224 valence electrons. The second-order valence-corrected chi connectivity index (χ2v) is 11.4. The van der Waals surface area contributed by atoms with Crippen molar-refractivity contribution < 1.29 is 28.2 Å². The Morgan fingerprint density at radius 2 is 1.88 bits per heavy atom. The Morgan fingerprint density at radius 1 is 1.09 bits per heavy atom. The van der Waals surface area contributed by atoms with Crippen LogP contribution in [-0.4, -0.2) is 74.7 Å². The minimum absolute atomic E-state index is 0.160. The fraction of sp³-hybridized carbons (Fsp3) is 0.355. The summed E-state index contributed by atoms with van der Waals surface area (Å²) in [4.78, 5) is 47.1. The number of aryl methyl sites for hydroxylation is 1. The predicted octanol–water partition coefficient (Wildman–Crippen LogP) is 5.00. The molecule has 3 heterocycles. The van der Waals surface area contributed by atoms with E-state index in [9.17, 15) is 14.4 Å². The van der Waals surface area contributed by atoms with Gasteiger partial charge in [-0.1, -0.05) is 11.3 Å². The molecule has 5 rings (SSSR count). The summed E-state index contributed by atoms with van der Waals surface area (Å²) in [6.07, 6.45) is 3.83. The lowest BCUT2D eigenvalue weighted by atomic mass is 10.0. The Labute approximate surface area is 248 Å². The molecule has 2 amide bonds. The van der Waals surface area contributed by atoms with E-state index >= 15 is 4.39 Å². The number of carbonyl (C=O) groups is 3. The zero-order valence-electron chi connectivity index (χ0n) is 24.7. The number of nitrogens with zero attached hydrogens (tertiary/aromatic N) is 6. The Kier molecular flexibility index (Phi) is 8.12. The topological polar surface area (TPSA) is 120 Å². The maximum atomic E-state index is 15.7. The third-order valence-corrected chi connectivity index (χ3v) is 7.12. The fourth-order valence-corrected chi connectivity index (χ4v) is 5.15. The van der Waals surface area contributed by atoms with Gasteiger partial charge in [-0.15, -0.1) is 5.10 Å². The molecule has 11 nitrogen and oxygen atoms in total. The van der Waals surface area contributed by atoms with Crippen molar-refractivity contribution in [2.45, 2.75) is 45.3 Å². The van der Waals surface area contributed by atoms with Crippen LogP contribution in [0.1, 0.15) is 54.3 Å². The molecule has 2 aromatic carbocycles. The van der Waals surface area contributed by atoms with E-state index in [0.717, 1.165) is 0 Å². The van der Waals surface area contributed by atoms with Crippen molar-refractivity contribution >= 4 is 34.6 Å². The van der Waals surface area contributed by atoms with E-state index in [0.29, 0.717) is 47.0 Å². The highest BCUT2D eigenvalue weighted by Gasteiger charge is 2.36. The second kappa shape index (κ2) is 11.8.